The predicted molar refractivity (Wildman–Crippen MR) is 83.6 cm³/mol. The van der Waals surface area contributed by atoms with Crippen LogP contribution in [0.2, 0.25) is 0 Å². The van der Waals surface area contributed by atoms with E-state index in [4.69, 9.17) is 0 Å². The quantitative estimate of drug-likeness (QED) is 0.860. The molecule has 0 bridgehead atoms. The summed E-state index contributed by atoms with van der Waals surface area (Å²) in [6.07, 6.45) is 0.822. The average molecular weight is 338 g/mol. The van der Waals surface area contributed by atoms with E-state index >= 15 is 0 Å². The Bertz CT molecular complexity index is 661. The molecule has 0 atom stereocenters. The standard InChI is InChI=1S/C18H18F4N2/c19-12-2-4-14(16(21)10-12)18(24-8-1-6-23-7-9-24)15-5-3-13(20)11-17(15)22/h2-5,10-11,18,23H,1,6-9H2. The van der Waals surface area contributed by atoms with Crippen LogP contribution in [-0.4, -0.2) is 31.1 Å². The fourth-order valence-corrected chi connectivity index (χ4v) is 3.13. The number of hydrogen-bond donors (Lipinski definition) is 1. The summed E-state index contributed by atoms with van der Waals surface area (Å²) in [7, 11) is 0. The second-order valence-electron chi connectivity index (χ2n) is 5.87. The number of nitrogens with one attached hydrogen (secondary N) is 1. The molecule has 1 heterocycles. The topological polar surface area (TPSA) is 15.3 Å². The second-order valence-corrected chi connectivity index (χ2v) is 5.87. The first-order chi connectivity index (χ1) is 11.6. The second kappa shape index (κ2) is 7.32. The highest BCUT2D eigenvalue weighted by molar-refractivity contribution is 5.34. The van der Waals surface area contributed by atoms with Crippen molar-refractivity contribution >= 4 is 0 Å². The maximum Gasteiger partial charge on any atom is 0.131 e. The van der Waals surface area contributed by atoms with E-state index in [9.17, 15) is 17.6 Å². The SMILES string of the molecule is Fc1ccc(C(c2ccc(F)cc2F)N2CCCNCC2)c(F)c1. The third-order valence-electron chi connectivity index (χ3n) is 4.25. The number of rotatable bonds is 3. The number of benzene rings is 2. The highest BCUT2D eigenvalue weighted by Crippen LogP contribution is 2.33. The Morgan fingerprint density at radius 2 is 1.38 bits per heavy atom. The molecule has 0 aromatic heterocycles. The zero-order valence-electron chi connectivity index (χ0n) is 13.0. The van der Waals surface area contributed by atoms with Gasteiger partial charge in [-0.25, -0.2) is 17.6 Å². The van der Waals surface area contributed by atoms with Crippen LogP contribution in [0.5, 0.6) is 0 Å². The van der Waals surface area contributed by atoms with E-state index in [0.29, 0.717) is 19.6 Å². The largest absolute Gasteiger partial charge is 0.315 e. The minimum Gasteiger partial charge on any atom is -0.315 e. The van der Waals surface area contributed by atoms with E-state index in [2.05, 4.69) is 5.32 Å². The van der Waals surface area contributed by atoms with Crippen LogP contribution in [0.25, 0.3) is 0 Å². The molecule has 1 saturated heterocycles. The van der Waals surface area contributed by atoms with E-state index in [1.807, 2.05) is 4.90 Å². The first-order valence-corrected chi connectivity index (χ1v) is 7.91. The molecule has 0 unspecified atom stereocenters. The van der Waals surface area contributed by atoms with Gasteiger partial charge in [-0.15, -0.1) is 0 Å². The van der Waals surface area contributed by atoms with Crippen molar-refractivity contribution in [2.75, 3.05) is 26.2 Å². The van der Waals surface area contributed by atoms with Gasteiger partial charge in [0.15, 0.2) is 0 Å². The molecule has 1 fully saturated rings. The zero-order valence-corrected chi connectivity index (χ0v) is 13.0. The molecule has 0 amide bonds. The van der Waals surface area contributed by atoms with Crippen LogP contribution in [0.1, 0.15) is 23.6 Å². The van der Waals surface area contributed by atoms with Gasteiger partial charge in [-0.2, -0.15) is 0 Å². The van der Waals surface area contributed by atoms with E-state index in [1.54, 1.807) is 0 Å². The Labute approximate surface area is 138 Å². The van der Waals surface area contributed by atoms with Crippen LogP contribution >= 0.6 is 0 Å². The average Bonchev–Trinajstić information content (AvgIpc) is 2.80. The molecule has 1 aliphatic rings. The van der Waals surface area contributed by atoms with Crippen LogP contribution in [0, 0.1) is 23.3 Å². The predicted octanol–water partition coefficient (Wildman–Crippen LogP) is 3.63. The van der Waals surface area contributed by atoms with Crippen molar-refractivity contribution in [1.29, 1.82) is 0 Å². The van der Waals surface area contributed by atoms with E-state index in [-0.39, 0.29) is 11.1 Å². The molecule has 3 rings (SSSR count). The molecule has 0 aliphatic carbocycles. The summed E-state index contributed by atoms with van der Waals surface area (Å²) in [6, 6.07) is 5.82. The molecular weight excluding hydrogens is 320 g/mol. The normalized spacial score (nSPS) is 16.4. The van der Waals surface area contributed by atoms with E-state index in [0.717, 1.165) is 37.2 Å². The molecule has 1 N–H and O–H groups in total. The summed E-state index contributed by atoms with van der Waals surface area (Å²) in [5.74, 6) is -2.85. The molecule has 1 aliphatic heterocycles. The first kappa shape index (κ1) is 16.9. The van der Waals surface area contributed by atoms with Gasteiger partial charge in [-0.05, 0) is 25.1 Å². The van der Waals surface area contributed by atoms with Crippen molar-refractivity contribution in [2.24, 2.45) is 0 Å². The van der Waals surface area contributed by atoms with Gasteiger partial charge < -0.3 is 5.32 Å². The molecule has 2 nitrogen and oxygen atoms in total. The summed E-state index contributed by atoms with van der Waals surface area (Å²) in [4.78, 5) is 1.94. The maximum absolute atomic E-state index is 14.4. The van der Waals surface area contributed by atoms with Crippen LogP contribution in [0.4, 0.5) is 17.6 Å². The molecule has 128 valence electrons. The summed E-state index contributed by atoms with van der Waals surface area (Å²) >= 11 is 0. The van der Waals surface area contributed by atoms with Crippen molar-refractivity contribution in [1.82, 2.24) is 10.2 Å². The molecule has 0 radical (unpaired) electrons. The van der Waals surface area contributed by atoms with Crippen LogP contribution in [0.15, 0.2) is 36.4 Å². The molecular formula is C18H18F4N2. The Hall–Kier alpha value is -1.92. The fourth-order valence-electron chi connectivity index (χ4n) is 3.13. The summed E-state index contributed by atoms with van der Waals surface area (Å²) in [5, 5.41) is 3.23. The van der Waals surface area contributed by atoms with Crippen LogP contribution < -0.4 is 5.32 Å². The molecule has 2 aromatic rings. The summed E-state index contributed by atoms with van der Waals surface area (Å²) in [6.45, 7) is 2.72. The van der Waals surface area contributed by atoms with Gasteiger partial charge >= 0.3 is 0 Å². The molecule has 24 heavy (non-hydrogen) atoms. The minimum absolute atomic E-state index is 0.184. The highest BCUT2D eigenvalue weighted by Gasteiger charge is 2.28. The monoisotopic (exact) mass is 338 g/mol. The molecule has 0 spiro atoms. The van der Waals surface area contributed by atoms with Gasteiger partial charge in [0, 0.05) is 42.9 Å². The Morgan fingerprint density at radius 3 is 1.92 bits per heavy atom. The zero-order chi connectivity index (χ0) is 17.1. The van der Waals surface area contributed by atoms with Gasteiger partial charge in [0.05, 0.1) is 6.04 Å². The van der Waals surface area contributed by atoms with Crippen molar-refractivity contribution in [3.05, 3.63) is 70.8 Å². The van der Waals surface area contributed by atoms with Crippen molar-refractivity contribution in [2.45, 2.75) is 12.5 Å². The Morgan fingerprint density at radius 1 is 0.792 bits per heavy atom. The first-order valence-electron chi connectivity index (χ1n) is 7.91. The van der Waals surface area contributed by atoms with Crippen LogP contribution in [0.3, 0.4) is 0 Å². The molecule has 0 saturated carbocycles. The van der Waals surface area contributed by atoms with Crippen molar-refractivity contribution < 1.29 is 17.6 Å². The van der Waals surface area contributed by atoms with Gasteiger partial charge in [0.1, 0.15) is 23.3 Å². The highest BCUT2D eigenvalue weighted by atomic mass is 19.1. The lowest BCUT2D eigenvalue weighted by Crippen LogP contribution is -2.34. The maximum atomic E-state index is 14.4. The smallest absolute Gasteiger partial charge is 0.131 e. The summed E-state index contributed by atoms with van der Waals surface area (Å²) < 4.78 is 55.3. The van der Waals surface area contributed by atoms with Gasteiger partial charge in [0.25, 0.3) is 0 Å². The molecule has 2 aromatic carbocycles. The third-order valence-corrected chi connectivity index (χ3v) is 4.25. The minimum atomic E-state index is -0.735. The van der Waals surface area contributed by atoms with E-state index in [1.165, 1.54) is 12.1 Å². The number of nitrogens with zero attached hydrogens (tertiary/aromatic N) is 1. The summed E-state index contributed by atoms with van der Waals surface area (Å²) in [5.41, 5.74) is 0.368. The third kappa shape index (κ3) is 3.60. The Balaban J connectivity index is 2.09. The van der Waals surface area contributed by atoms with Gasteiger partial charge in [-0.3, -0.25) is 4.90 Å². The number of halogens is 4. The number of hydrogen-bond acceptors (Lipinski definition) is 2. The Kier molecular flexibility index (Phi) is 5.16. The van der Waals surface area contributed by atoms with E-state index < -0.39 is 29.3 Å². The van der Waals surface area contributed by atoms with Crippen molar-refractivity contribution in [3.63, 3.8) is 0 Å². The lowest BCUT2D eigenvalue weighted by atomic mass is 9.95. The fraction of sp³-hybridized carbons (Fsp3) is 0.333. The van der Waals surface area contributed by atoms with Gasteiger partial charge in [-0.1, -0.05) is 12.1 Å². The van der Waals surface area contributed by atoms with Crippen molar-refractivity contribution in [3.8, 4) is 0 Å². The molecule has 6 heteroatoms. The lowest BCUT2D eigenvalue weighted by Gasteiger charge is -2.31. The van der Waals surface area contributed by atoms with Gasteiger partial charge in [0.2, 0.25) is 0 Å². The lowest BCUT2D eigenvalue weighted by molar-refractivity contribution is 0.232. The van der Waals surface area contributed by atoms with Crippen LogP contribution in [-0.2, 0) is 0 Å².